The highest BCUT2D eigenvalue weighted by atomic mass is 32.2. The van der Waals surface area contributed by atoms with Crippen molar-refractivity contribution in [2.24, 2.45) is 0 Å². The third kappa shape index (κ3) is 3.82. The number of unbranched alkanes of at least 4 members (excludes halogenated alkanes) is 1. The molecule has 3 atom stereocenters. The topological polar surface area (TPSA) is 32.3 Å². The number of nitrogens with zero attached hydrogens (tertiary/aromatic N) is 1. The summed E-state index contributed by atoms with van der Waals surface area (Å²) >= 11 is 3.59. The standard InChI is InChI=1S/C16H26N2OS2/c1-5-6-7-13-16(19)18(11(2)10-20-4)15(17-13)14-9-8-12(3)21-14/h8-9,11,13,15,17H,5-7,10H2,1-4H3. The fraction of sp³-hybridized carbons (Fsp3) is 0.688. The first-order chi connectivity index (χ1) is 10.1. The van der Waals surface area contributed by atoms with Crippen LogP contribution < -0.4 is 5.32 Å². The second kappa shape index (κ2) is 7.65. The van der Waals surface area contributed by atoms with Crippen molar-refractivity contribution in [1.82, 2.24) is 10.2 Å². The molecule has 118 valence electrons. The third-order valence-corrected chi connectivity index (χ3v) is 5.82. The summed E-state index contributed by atoms with van der Waals surface area (Å²) < 4.78 is 0. The molecule has 0 spiro atoms. The molecule has 0 radical (unpaired) electrons. The van der Waals surface area contributed by atoms with E-state index in [1.54, 1.807) is 23.1 Å². The number of carbonyl (C=O) groups is 1. The van der Waals surface area contributed by atoms with Crippen molar-refractivity contribution in [3.63, 3.8) is 0 Å². The lowest BCUT2D eigenvalue weighted by Crippen LogP contribution is -2.39. The Bertz CT molecular complexity index is 475. The number of nitrogens with one attached hydrogen (secondary N) is 1. The number of rotatable bonds is 7. The molecule has 5 heteroatoms. The molecule has 1 saturated heterocycles. The zero-order valence-electron chi connectivity index (χ0n) is 13.4. The van der Waals surface area contributed by atoms with E-state index in [1.807, 2.05) is 0 Å². The predicted molar refractivity (Wildman–Crippen MR) is 92.9 cm³/mol. The Morgan fingerprint density at radius 3 is 2.81 bits per heavy atom. The van der Waals surface area contributed by atoms with Gasteiger partial charge in [-0.25, -0.2) is 0 Å². The van der Waals surface area contributed by atoms with E-state index in [0.29, 0.717) is 0 Å². The van der Waals surface area contributed by atoms with Crippen LogP contribution in [-0.4, -0.2) is 34.9 Å². The molecular weight excluding hydrogens is 300 g/mol. The average Bonchev–Trinajstić information content (AvgIpc) is 3.01. The summed E-state index contributed by atoms with van der Waals surface area (Å²) in [4.78, 5) is 17.4. The van der Waals surface area contributed by atoms with Gasteiger partial charge in [-0.1, -0.05) is 19.8 Å². The van der Waals surface area contributed by atoms with Crippen LogP contribution in [0.3, 0.4) is 0 Å². The van der Waals surface area contributed by atoms with Crippen molar-refractivity contribution in [2.75, 3.05) is 12.0 Å². The first kappa shape index (κ1) is 16.8. The van der Waals surface area contributed by atoms with Gasteiger partial charge in [0.15, 0.2) is 0 Å². The van der Waals surface area contributed by atoms with Gasteiger partial charge in [-0.15, -0.1) is 11.3 Å². The summed E-state index contributed by atoms with van der Waals surface area (Å²) in [5.74, 6) is 1.26. The van der Waals surface area contributed by atoms with E-state index in [4.69, 9.17) is 0 Å². The van der Waals surface area contributed by atoms with Gasteiger partial charge in [-0.2, -0.15) is 11.8 Å². The molecule has 1 N–H and O–H groups in total. The van der Waals surface area contributed by atoms with Crippen molar-refractivity contribution >= 4 is 29.0 Å². The van der Waals surface area contributed by atoms with E-state index in [9.17, 15) is 4.79 Å². The fourth-order valence-electron chi connectivity index (χ4n) is 2.88. The molecule has 1 aromatic rings. The zero-order valence-corrected chi connectivity index (χ0v) is 15.0. The quantitative estimate of drug-likeness (QED) is 0.827. The molecular formula is C16H26N2OS2. The average molecular weight is 327 g/mol. The molecule has 21 heavy (non-hydrogen) atoms. The first-order valence-corrected chi connectivity index (χ1v) is 9.93. The number of hydrogen-bond donors (Lipinski definition) is 1. The summed E-state index contributed by atoms with van der Waals surface area (Å²) in [6, 6.07) is 4.55. The van der Waals surface area contributed by atoms with E-state index < -0.39 is 0 Å². The lowest BCUT2D eigenvalue weighted by molar-refractivity contribution is -0.131. The summed E-state index contributed by atoms with van der Waals surface area (Å²) in [5, 5.41) is 3.57. The molecule has 0 saturated carbocycles. The second-order valence-electron chi connectivity index (χ2n) is 5.76. The maximum Gasteiger partial charge on any atom is 0.241 e. The van der Waals surface area contributed by atoms with Crippen molar-refractivity contribution < 1.29 is 4.79 Å². The second-order valence-corrected chi connectivity index (χ2v) is 7.99. The van der Waals surface area contributed by atoms with Crippen LogP contribution in [0.4, 0.5) is 0 Å². The van der Waals surface area contributed by atoms with Gasteiger partial charge in [0.25, 0.3) is 0 Å². The van der Waals surface area contributed by atoms with Crippen LogP contribution in [0.25, 0.3) is 0 Å². The van der Waals surface area contributed by atoms with Crippen LogP contribution in [-0.2, 0) is 4.79 Å². The smallest absolute Gasteiger partial charge is 0.241 e. The number of amides is 1. The minimum absolute atomic E-state index is 0.0123. The monoisotopic (exact) mass is 326 g/mol. The lowest BCUT2D eigenvalue weighted by Gasteiger charge is -2.29. The van der Waals surface area contributed by atoms with E-state index in [0.717, 1.165) is 25.0 Å². The molecule has 0 bridgehead atoms. The molecule has 1 amide bonds. The predicted octanol–water partition coefficient (Wildman–Crippen LogP) is 3.80. The number of carbonyl (C=O) groups excluding carboxylic acids is 1. The Kier molecular flexibility index (Phi) is 6.14. The van der Waals surface area contributed by atoms with Crippen LogP contribution in [0.2, 0.25) is 0 Å². The normalized spacial score (nSPS) is 23.8. The van der Waals surface area contributed by atoms with Gasteiger partial charge in [-0.3, -0.25) is 10.1 Å². The van der Waals surface area contributed by atoms with Crippen molar-refractivity contribution in [3.8, 4) is 0 Å². The highest BCUT2D eigenvalue weighted by Crippen LogP contribution is 2.33. The Morgan fingerprint density at radius 2 is 2.24 bits per heavy atom. The zero-order chi connectivity index (χ0) is 15.4. The van der Waals surface area contributed by atoms with Crippen LogP contribution >= 0.6 is 23.1 Å². The number of thiophene rings is 1. The van der Waals surface area contributed by atoms with Crippen molar-refractivity contribution in [1.29, 1.82) is 0 Å². The maximum absolute atomic E-state index is 12.8. The number of hydrogen-bond acceptors (Lipinski definition) is 4. The van der Waals surface area contributed by atoms with Crippen molar-refractivity contribution in [2.45, 2.75) is 58.3 Å². The molecule has 0 aliphatic carbocycles. The van der Waals surface area contributed by atoms with Crippen LogP contribution in [0.15, 0.2) is 12.1 Å². The van der Waals surface area contributed by atoms with Gasteiger partial charge in [0.05, 0.1) is 6.04 Å². The largest absolute Gasteiger partial charge is 0.317 e. The molecule has 3 unspecified atom stereocenters. The molecule has 1 aliphatic rings. The van der Waals surface area contributed by atoms with E-state index in [2.05, 4.69) is 49.4 Å². The first-order valence-electron chi connectivity index (χ1n) is 7.72. The van der Waals surface area contributed by atoms with Gasteiger partial charge in [0.1, 0.15) is 6.17 Å². The molecule has 0 aromatic carbocycles. The minimum Gasteiger partial charge on any atom is -0.317 e. The van der Waals surface area contributed by atoms with Gasteiger partial charge in [-0.05, 0) is 38.7 Å². The Labute approximate surface area is 136 Å². The molecule has 3 nitrogen and oxygen atoms in total. The highest BCUT2D eigenvalue weighted by molar-refractivity contribution is 7.98. The SMILES string of the molecule is CCCCC1NC(c2ccc(C)s2)N(C(C)CSC)C1=O. The van der Waals surface area contributed by atoms with Crippen LogP contribution in [0.1, 0.15) is 49.0 Å². The van der Waals surface area contributed by atoms with Crippen LogP contribution in [0.5, 0.6) is 0 Å². The molecule has 2 rings (SSSR count). The summed E-state index contributed by atoms with van der Waals surface area (Å²) in [7, 11) is 0. The summed E-state index contributed by atoms with van der Waals surface area (Å²) in [6.45, 7) is 6.45. The van der Waals surface area contributed by atoms with E-state index in [-0.39, 0.29) is 24.2 Å². The lowest BCUT2D eigenvalue weighted by atomic mass is 10.1. The van der Waals surface area contributed by atoms with E-state index >= 15 is 0 Å². The van der Waals surface area contributed by atoms with E-state index in [1.165, 1.54) is 9.75 Å². The maximum atomic E-state index is 12.8. The van der Waals surface area contributed by atoms with Gasteiger partial charge in [0.2, 0.25) is 5.91 Å². The summed E-state index contributed by atoms with van der Waals surface area (Å²) in [5.41, 5.74) is 0. The Hall–Kier alpha value is -0.520. The van der Waals surface area contributed by atoms with Gasteiger partial charge < -0.3 is 4.90 Å². The number of thioether (sulfide) groups is 1. The minimum atomic E-state index is -0.0123. The Balaban J connectivity index is 2.20. The third-order valence-electron chi connectivity index (χ3n) is 3.95. The van der Waals surface area contributed by atoms with Gasteiger partial charge >= 0.3 is 0 Å². The fourth-order valence-corrected chi connectivity index (χ4v) is 4.46. The molecule has 2 heterocycles. The van der Waals surface area contributed by atoms with Crippen molar-refractivity contribution in [3.05, 3.63) is 21.9 Å². The molecule has 1 fully saturated rings. The van der Waals surface area contributed by atoms with Gasteiger partial charge in [0, 0.05) is 21.5 Å². The Morgan fingerprint density at radius 1 is 1.48 bits per heavy atom. The molecule has 1 aromatic heterocycles. The van der Waals surface area contributed by atoms with Crippen LogP contribution in [0, 0.1) is 6.92 Å². The molecule has 1 aliphatic heterocycles. The number of aryl methyl sites for hydroxylation is 1. The highest BCUT2D eigenvalue weighted by Gasteiger charge is 2.41. The summed E-state index contributed by atoms with van der Waals surface area (Å²) in [6.07, 6.45) is 5.33.